The summed E-state index contributed by atoms with van der Waals surface area (Å²) in [6.45, 7) is 0.0149. The van der Waals surface area contributed by atoms with E-state index in [0.717, 1.165) is 0 Å². The second kappa shape index (κ2) is 6.56. The Hall–Kier alpha value is -1.14. The van der Waals surface area contributed by atoms with Crippen LogP contribution >= 0.6 is 0 Å². The number of rotatable bonds is 5. The molecule has 2 N–H and O–H groups in total. The Kier molecular flexibility index (Phi) is 5.94. The summed E-state index contributed by atoms with van der Waals surface area (Å²) >= 11 is 0. The SMILES string of the molecule is COC(=O)CNNCC(=O)OC. The van der Waals surface area contributed by atoms with Gasteiger partial charge >= 0.3 is 11.9 Å². The molecule has 0 unspecified atom stereocenters. The summed E-state index contributed by atoms with van der Waals surface area (Å²) in [5, 5.41) is 0. The molecule has 0 amide bonds. The number of esters is 2. The fraction of sp³-hybridized carbons (Fsp3) is 0.667. The average molecular weight is 176 g/mol. The fourth-order valence-corrected chi connectivity index (χ4v) is 0.414. The molecule has 0 aromatic heterocycles. The van der Waals surface area contributed by atoms with Crippen molar-refractivity contribution in [2.24, 2.45) is 0 Å². The van der Waals surface area contributed by atoms with E-state index in [4.69, 9.17) is 0 Å². The van der Waals surface area contributed by atoms with Gasteiger partial charge < -0.3 is 9.47 Å². The average Bonchev–Trinajstić information content (AvgIpc) is 2.11. The zero-order valence-electron chi connectivity index (χ0n) is 7.05. The number of carbonyl (C=O) groups is 2. The van der Waals surface area contributed by atoms with E-state index < -0.39 is 11.9 Å². The molecule has 0 fully saturated rings. The van der Waals surface area contributed by atoms with Crippen LogP contribution < -0.4 is 10.9 Å². The molecule has 0 aliphatic carbocycles. The first-order chi connectivity index (χ1) is 5.70. The molecule has 12 heavy (non-hydrogen) atoms. The van der Waals surface area contributed by atoms with Gasteiger partial charge in [-0.2, -0.15) is 0 Å². The Morgan fingerprint density at radius 1 is 1.00 bits per heavy atom. The monoisotopic (exact) mass is 176 g/mol. The van der Waals surface area contributed by atoms with Crippen molar-refractivity contribution in [3.8, 4) is 0 Å². The molecule has 0 atom stereocenters. The highest BCUT2D eigenvalue weighted by Gasteiger charge is 2.00. The van der Waals surface area contributed by atoms with Gasteiger partial charge in [-0.05, 0) is 0 Å². The van der Waals surface area contributed by atoms with Crippen LogP contribution in [-0.4, -0.2) is 39.2 Å². The molecule has 0 heterocycles. The van der Waals surface area contributed by atoms with Gasteiger partial charge in [0.2, 0.25) is 0 Å². The largest absolute Gasteiger partial charge is 0.468 e. The first-order valence-corrected chi connectivity index (χ1v) is 3.30. The smallest absolute Gasteiger partial charge is 0.321 e. The van der Waals surface area contributed by atoms with Crippen molar-refractivity contribution in [1.29, 1.82) is 0 Å². The topological polar surface area (TPSA) is 76.7 Å². The van der Waals surface area contributed by atoms with Crippen LogP contribution in [0.15, 0.2) is 0 Å². The zero-order valence-corrected chi connectivity index (χ0v) is 7.05. The molecule has 0 aliphatic rings. The van der Waals surface area contributed by atoms with Crippen molar-refractivity contribution >= 4 is 11.9 Å². The van der Waals surface area contributed by atoms with Crippen LogP contribution in [0.4, 0.5) is 0 Å². The molecular formula is C6H12N2O4. The normalized spacial score (nSPS) is 9.17. The molecular weight excluding hydrogens is 164 g/mol. The third-order valence-electron chi connectivity index (χ3n) is 1.05. The zero-order chi connectivity index (χ0) is 9.40. The Morgan fingerprint density at radius 3 is 1.58 bits per heavy atom. The Bertz CT molecular complexity index is 142. The van der Waals surface area contributed by atoms with Gasteiger partial charge in [0.1, 0.15) is 13.1 Å². The van der Waals surface area contributed by atoms with Crippen LogP contribution in [0.2, 0.25) is 0 Å². The third-order valence-corrected chi connectivity index (χ3v) is 1.05. The minimum atomic E-state index is -0.410. The maximum atomic E-state index is 10.5. The number of hydrazine groups is 1. The standard InChI is InChI=1S/C6H12N2O4/c1-11-5(9)3-7-8-4-6(10)12-2/h7-8H,3-4H2,1-2H3. The predicted octanol–water partition coefficient (Wildman–Crippen LogP) is -1.57. The van der Waals surface area contributed by atoms with Gasteiger partial charge in [-0.25, -0.2) is 10.9 Å². The number of ether oxygens (including phenoxy) is 2. The van der Waals surface area contributed by atoms with E-state index in [-0.39, 0.29) is 13.1 Å². The van der Waals surface area contributed by atoms with Crippen molar-refractivity contribution in [3.63, 3.8) is 0 Å². The summed E-state index contributed by atoms with van der Waals surface area (Å²) in [5.74, 6) is -0.820. The summed E-state index contributed by atoms with van der Waals surface area (Å²) in [6.07, 6.45) is 0. The minimum Gasteiger partial charge on any atom is -0.468 e. The van der Waals surface area contributed by atoms with Crippen molar-refractivity contribution in [1.82, 2.24) is 10.9 Å². The lowest BCUT2D eigenvalue weighted by Crippen LogP contribution is -2.39. The summed E-state index contributed by atoms with van der Waals surface area (Å²) in [5.41, 5.74) is 4.95. The molecule has 0 saturated carbocycles. The summed E-state index contributed by atoms with van der Waals surface area (Å²) < 4.78 is 8.65. The number of methoxy groups -OCH3 is 2. The molecule has 0 aliphatic heterocycles. The van der Waals surface area contributed by atoms with Gasteiger partial charge in [0.25, 0.3) is 0 Å². The molecule has 0 radical (unpaired) electrons. The van der Waals surface area contributed by atoms with Crippen LogP contribution in [0, 0.1) is 0 Å². The van der Waals surface area contributed by atoms with E-state index in [2.05, 4.69) is 20.3 Å². The maximum absolute atomic E-state index is 10.5. The highest BCUT2D eigenvalue weighted by atomic mass is 16.5. The van der Waals surface area contributed by atoms with Gasteiger partial charge in [-0.3, -0.25) is 9.59 Å². The molecule has 6 nitrogen and oxygen atoms in total. The van der Waals surface area contributed by atoms with Crippen LogP contribution in [0.1, 0.15) is 0 Å². The molecule has 0 aromatic carbocycles. The van der Waals surface area contributed by atoms with Gasteiger partial charge in [0.05, 0.1) is 14.2 Å². The van der Waals surface area contributed by atoms with Crippen molar-refractivity contribution < 1.29 is 19.1 Å². The molecule has 0 aromatic rings. The van der Waals surface area contributed by atoms with Crippen molar-refractivity contribution in [2.45, 2.75) is 0 Å². The summed E-state index contributed by atoms with van der Waals surface area (Å²) in [7, 11) is 2.56. The third kappa shape index (κ3) is 5.63. The van der Waals surface area contributed by atoms with E-state index in [1.807, 2.05) is 0 Å². The van der Waals surface area contributed by atoms with Gasteiger partial charge in [-0.15, -0.1) is 0 Å². The lowest BCUT2D eigenvalue weighted by Gasteiger charge is -2.03. The molecule has 0 saturated heterocycles. The fourth-order valence-electron chi connectivity index (χ4n) is 0.414. The van der Waals surface area contributed by atoms with E-state index in [1.54, 1.807) is 0 Å². The van der Waals surface area contributed by atoms with Crippen LogP contribution in [0.3, 0.4) is 0 Å². The van der Waals surface area contributed by atoms with E-state index in [0.29, 0.717) is 0 Å². The van der Waals surface area contributed by atoms with Gasteiger partial charge in [0.15, 0.2) is 0 Å². The first kappa shape index (κ1) is 10.9. The number of carbonyl (C=O) groups excluding carboxylic acids is 2. The van der Waals surface area contributed by atoms with Crippen LogP contribution in [0.25, 0.3) is 0 Å². The molecule has 70 valence electrons. The Morgan fingerprint density at radius 2 is 1.33 bits per heavy atom. The van der Waals surface area contributed by atoms with Gasteiger partial charge in [-0.1, -0.05) is 0 Å². The molecule has 6 heteroatoms. The lowest BCUT2D eigenvalue weighted by molar-refractivity contribution is -0.142. The maximum Gasteiger partial charge on any atom is 0.321 e. The molecule has 0 rings (SSSR count). The number of nitrogens with one attached hydrogen (secondary N) is 2. The lowest BCUT2D eigenvalue weighted by atomic mass is 10.6. The van der Waals surface area contributed by atoms with Crippen molar-refractivity contribution in [2.75, 3.05) is 27.3 Å². The summed E-state index contributed by atoms with van der Waals surface area (Å²) in [4.78, 5) is 21.0. The Labute approximate surface area is 70.2 Å². The van der Waals surface area contributed by atoms with E-state index in [1.165, 1.54) is 14.2 Å². The molecule has 0 bridgehead atoms. The Balaban J connectivity index is 3.21. The highest BCUT2D eigenvalue weighted by Crippen LogP contribution is 1.69. The van der Waals surface area contributed by atoms with Crippen LogP contribution in [0.5, 0.6) is 0 Å². The number of hydrogen-bond acceptors (Lipinski definition) is 6. The number of hydrogen-bond donors (Lipinski definition) is 2. The first-order valence-electron chi connectivity index (χ1n) is 3.30. The quantitative estimate of drug-likeness (QED) is 0.299. The second-order valence-electron chi connectivity index (χ2n) is 1.86. The second-order valence-corrected chi connectivity index (χ2v) is 1.86. The predicted molar refractivity (Wildman–Crippen MR) is 40.0 cm³/mol. The minimum absolute atomic E-state index is 0.00743. The summed E-state index contributed by atoms with van der Waals surface area (Å²) in [6, 6.07) is 0. The highest BCUT2D eigenvalue weighted by molar-refractivity contribution is 5.72. The molecule has 0 spiro atoms. The van der Waals surface area contributed by atoms with Crippen LogP contribution in [-0.2, 0) is 19.1 Å². The van der Waals surface area contributed by atoms with Crippen molar-refractivity contribution in [3.05, 3.63) is 0 Å². The van der Waals surface area contributed by atoms with Gasteiger partial charge in [0, 0.05) is 0 Å². The van der Waals surface area contributed by atoms with E-state index in [9.17, 15) is 9.59 Å². The van der Waals surface area contributed by atoms with E-state index >= 15 is 0 Å².